The Kier molecular flexibility index (Phi) is 4.42. The van der Waals surface area contributed by atoms with Gasteiger partial charge in [0.05, 0.1) is 5.03 Å². The molecule has 0 saturated heterocycles. The van der Waals surface area contributed by atoms with Gasteiger partial charge in [-0.2, -0.15) is 0 Å². The van der Waals surface area contributed by atoms with Crippen molar-refractivity contribution in [3.63, 3.8) is 0 Å². The summed E-state index contributed by atoms with van der Waals surface area (Å²) in [6.45, 7) is 1.97. The van der Waals surface area contributed by atoms with Crippen LogP contribution in [0, 0.1) is 0 Å². The molecule has 0 aliphatic rings. The van der Waals surface area contributed by atoms with Gasteiger partial charge >= 0.3 is 0 Å². The van der Waals surface area contributed by atoms with E-state index in [9.17, 15) is 4.79 Å². The van der Waals surface area contributed by atoms with E-state index in [1.807, 2.05) is 25.1 Å². The van der Waals surface area contributed by atoms with Gasteiger partial charge in [0.15, 0.2) is 0 Å². The van der Waals surface area contributed by atoms with Crippen LogP contribution >= 0.6 is 11.8 Å². The van der Waals surface area contributed by atoms with Crippen molar-refractivity contribution >= 4 is 17.7 Å². The molecule has 0 aliphatic carbocycles. The quantitative estimate of drug-likeness (QED) is 0.336. The number of pyridine rings is 1. The number of thioether (sulfide) groups is 1. The van der Waals surface area contributed by atoms with Gasteiger partial charge in [0.2, 0.25) is 5.91 Å². The molecule has 1 amide bonds. The fourth-order valence-corrected chi connectivity index (χ4v) is 1.91. The van der Waals surface area contributed by atoms with Gasteiger partial charge < -0.3 is 0 Å². The number of amides is 1. The number of carbonyl (C=O) groups is 1. The second kappa shape index (κ2) is 5.62. The maximum atomic E-state index is 10.9. The summed E-state index contributed by atoms with van der Waals surface area (Å²) in [6, 6.07) is 5.70. The van der Waals surface area contributed by atoms with Gasteiger partial charge in [0.1, 0.15) is 0 Å². The lowest BCUT2D eigenvalue weighted by atomic mass is 10.3. The highest BCUT2D eigenvalue weighted by molar-refractivity contribution is 7.99. The average molecular weight is 211 g/mol. The molecule has 1 rings (SSSR count). The minimum atomic E-state index is -0.152. The first kappa shape index (κ1) is 11.0. The highest BCUT2D eigenvalue weighted by Crippen LogP contribution is 2.22. The Morgan fingerprint density at radius 3 is 3.07 bits per heavy atom. The summed E-state index contributed by atoms with van der Waals surface area (Å²) >= 11 is 1.56. The summed E-state index contributed by atoms with van der Waals surface area (Å²) < 4.78 is 0. The van der Waals surface area contributed by atoms with Crippen LogP contribution in [0.4, 0.5) is 0 Å². The third kappa shape index (κ3) is 3.76. The van der Waals surface area contributed by atoms with E-state index in [4.69, 9.17) is 5.84 Å². The predicted molar refractivity (Wildman–Crippen MR) is 56.5 cm³/mol. The summed E-state index contributed by atoms with van der Waals surface area (Å²) in [5.41, 5.74) is 2.11. The molecule has 1 atom stereocenters. The molecule has 1 aromatic heterocycles. The first-order chi connectivity index (χ1) is 6.72. The molecule has 0 bridgehead atoms. The number of aromatic nitrogens is 1. The highest BCUT2D eigenvalue weighted by Gasteiger charge is 2.09. The lowest BCUT2D eigenvalue weighted by Crippen LogP contribution is -2.31. The number of hydrogen-bond acceptors (Lipinski definition) is 4. The average Bonchev–Trinajstić information content (AvgIpc) is 2.19. The number of nitrogens with one attached hydrogen (secondary N) is 1. The van der Waals surface area contributed by atoms with E-state index >= 15 is 0 Å². The molecule has 4 nitrogen and oxygen atoms in total. The lowest BCUT2D eigenvalue weighted by Gasteiger charge is -2.08. The Morgan fingerprint density at radius 2 is 2.50 bits per heavy atom. The lowest BCUT2D eigenvalue weighted by molar-refractivity contribution is -0.121. The fraction of sp³-hybridized carbons (Fsp3) is 0.333. The van der Waals surface area contributed by atoms with Gasteiger partial charge in [-0.3, -0.25) is 10.2 Å². The normalized spacial score (nSPS) is 12.1. The zero-order chi connectivity index (χ0) is 10.4. The van der Waals surface area contributed by atoms with Crippen molar-refractivity contribution in [3.05, 3.63) is 24.4 Å². The van der Waals surface area contributed by atoms with Crippen molar-refractivity contribution in [3.8, 4) is 0 Å². The van der Waals surface area contributed by atoms with Gasteiger partial charge in [-0.15, -0.1) is 11.8 Å². The number of rotatable bonds is 4. The van der Waals surface area contributed by atoms with Crippen molar-refractivity contribution in [1.29, 1.82) is 0 Å². The van der Waals surface area contributed by atoms with Crippen molar-refractivity contribution in [2.24, 2.45) is 5.84 Å². The summed E-state index contributed by atoms with van der Waals surface area (Å²) in [5.74, 6) is 4.84. The van der Waals surface area contributed by atoms with E-state index in [-0.39, 0.29) is 11.2 Å². The molecular formula is C9H13N3OS. The highest BCUT2D eigenvalue weighted by atomic mass is 32.2. The predicted octanol–water partition coefficient (Wildman–Crippen LogP) is 0.942. The number of hydrogen-bond donors (Lipinski definition) is 2. The van der Waals surface area contributed by atoms with Crippen LogP contribution in [-0.4, -0.2) is 16.1 Å². The van der Waals surface area contributed by atoms with Crippen LogP contribution in [0.15, 0.2) is 29.4 Å². The Balaban J connectivity index is 2.41. The summed E-state index contributed by atoms with van der Waals surface area (Å²) in [4.78, 5) is 15.1. The molecule has 0 aliphatic heterocycles. The summed E-state index contributed by atoms with van der Waals surface area (Å²) in [6.07, 6.45) is 2.13. The fourth-order valence-electron chi connectivity index (χ4n) is 0.985. The molecule has 1 heterocycles. The Bertz CT molecular complexity index is 291. The van der Waals surface area contributed by atoms with E-state index in [1.165, 1.54) is 0 Å². The SMILES string of the molecule is CC(CC(=O)NN)Sc1ccccn1. The molecular weight excluding hydrogens is 198 g/mol. The first-order valence-corrected chi connectivity index (χ1v) is 5.17. The number of hydrazine groups is 1. The Labute approximate surface area is 87.3 Å². The van der Waals surface area contributed by atoms with E-state index < -0.39 is 0 Å². The number of nitrogens with two attached hydrogens (primary N) is 1. The molecule has 3 N–H and O–H groups in total. The van der Waals surface area contributed by atoms with Crippen LogP contribution in [0.2, 0.25) is 0 Å². The molecule has 76 valence electrons. The first-order valence-electron chi connectivity index (χ1n) is 4.29. The van der Waals surface area contributed by atoms with Gasteiger partial charge in [0, 0.05) is 17.9 Å². The number of carbonyl (C=O) groups excluding carboxylic acids is 1. The van der Waals surface area contributed by atoms with Gasteiger partial charge in [-0.25, -0.2) is 10.8 Å². The van der Waals surface area contributed by atoms with E-state index in [2.05, 4.69) is 10.4 Å². The molecule has 5 heteroatoms. The minimum absolute atomic E-state index is 0.152. The van der Waals surface area contributed by atoms with Crippen LogP contribution in [0.5, 0.6) is 0 Å². The smallest absolute Gasteiger partial charge is 0.234 e. The van der Waals surface area contributed by atoms with Gasteiger partial charge in [-0.05, 0) is 12.1 Å². The topological polar surface area (TPSA) is 68.0 Å². The van der Waals surface area contributed by atoms with Gasteiger partial charge in [0.25, 0.3) is 0 Å². The van der Waals surface area contributed by atoms with Crippen LogP contribution in [0.1, 0.15) is 13.3 Å². The molecule has 1 unspecified atom stereocenters. The maximum Gasteiger partial charge on any atom is 0.234 e. The molecule has 0 fully saturated rings. The second-order valence-electron chi connectivity index (χ2n) is 2.87. The molecule has 0 aromatic carbocycles. The largest absolute Gasteiger partial charge is 0.294 e. The van der Waals surface area contributed by atoms with Crippen LogP contribution in [-0.2, 0) is 4.79 Å². The van der Waals surface area contributed by atoms with Crippen LogP contribution in [0.3, 0.4) is 0 Å². The van der Waals surface area contributed by atoms with Gasteiger partial charge in [-0.1, -0.05) is 13.0 Å². The Morgan fingerprint density at radius 1 is 1.71 bits per heavy atom. The van der Waals surface area contributed by atoms with Crippen molar-refractivity contribution in [2.75, 3.05) is 0 Å². The van der Waals surface area contributed by atoms with Crippen LogP contribution in [0.25, 0.3) is 0 Å². The van der Waals surface area contributed by atoms with E-state index in [1.54, 1.807) is 18.0 Å². The second-order valence-corrected chi connectivity index (χ2v) is 4.33. The zero-order valence-corrected chi connectivity index (χ0v) is 8.75. The third-order valence-corrected chi connectivity index (χ3v) is 2.65. The number of nitrogens with zero attached hydrogens (tertiary/aromatic N) is 1. The summed E-state index contributed by atoms with van der Waals surface area (Å²) in [5, 5.41) is 1.10. The third-order valence-electron chi connectivity index (χ3n) is 1.59. The summed E-state index contributed by atoms with van der Waals surface area (Å²) in [7, 11) is 0. The standard InChI is InChI=1S/C9H13N3OS/c1-7(6-8(13)12-10)14-9-4-2-3-5-11-9/h2-5,7H,6,10H2,1H3,(H,12,13). The molecule has 14 heavy (non-hydrogen) atoms. The molecule has 0 spiro atoms. The van der Waals surface area contributed by atoms with Crippen LogP contribution < -0.4 is 11.3 Å². The van der Waals surface area contributed by atoms with Crippen molar-refractivity contribution < 1.29 is 4.79 Å². The molecule has 0 radical (unpaired) electrons. The van der Waals surface area contributed by atoms with E-state index in [0.717, 1.165) is 5.03 Å². The molecule has 0 saturated carbocycles. The zero-order valence-electron chi connectivity index (χ0n) is 7.93. The Hall–Kier alpha value is -1.07. The maximum absolute atomic E-state index is 10.9. The van der Waals surface area contributed by atoms with Crippen molar-refractivity contribution in [1.82, 2.24) is 10.4 Å². The van der Waals surface area contributed by atoms with E-state index in [0.29, 0.717) is 6.42 Å². The molecule has 1 aromatic rings. The monoisotopic (exact) mass is 211 g/mol. The minimum Gasteiger partial charge on any atom is -0.294 e. The van der Waals surface area contributed by atoms with Crippen molar-refractivity contribution in [2.45, 2.75) is 23.6 Å².